The second-order valence-electron chi connectivity index (χ2n) is 6.97. The van der Waals surface area contributed by atoms with Crippen molar-refractivity contribution in [1.29, 1.82) is 0 Å². The lowest BCUT2D eigenvalue weighted by Crippen LogP contribution is -1.99. The van der Waals surface area contributed by atoms with Crippen molar-refractivity contribution in [3.05, 3.63) is 90.8 Å². The van der Waals surface area contributed by atoms with Crippen LogP contribution >= 0.6 is 0 Å². The minimum absolute atomic E-state index is 0.436. The third-order valence-electron chi connectivity index (χ3n) is 4.75. The van der Waals surface area contributed by atoms with Gasteiger partial charge in [0.2, 0.25) is 0 Å². The van der Waals surface area contributed by atoms with Gasteiger partial charge in [0.05, 0.1) is 12.4 Å². The fraction of sp³-hybridized carbons (Fsp3) is 0.0417. The van der Waals surface area contributed by atoms with E-state index in [1.54, 1.807) is 12.4 Å². The molecule has 0 radical (unpaired) electrons. The Hall–Kier alpha value is -4.39. The number of pyridine rings is 1. The van der Waals surface area contributed by atoms with Crippen molar-refractivity contribution in [2.45, 2.75) is 6.92 Å². The van der Waals surface area contributed by atoms with Gasteiger partial charge in [-0.2, -0.15) is 0 Å². The molecule has 0 atom stereocenters. The average molecular weight is 403 g/mol. The van der Waals surface area contributed by atoms with Gasteiger partial charge in [-0.05, 0) is 19.1 Å². The Morgan fingerprint density at radius 1 is 0.484 bits per heavy atom. The molecule has 0 bridgehead atoms. The lowest BCUT2D eigenvalue weighted by Gasteiger charge is -2.04. The Morgan fingerprint density at radius 2 is 1.03 bits per heavy atom. The van der Waals surface area contributed by atoms with Gasteiger partial charge < -0.3 is 0 Å². The number of rotatable bonds is 4. The van der Waals surface area contributed by atoms with Crippen molar-refractivity contribution in [2.24, 2.45) is 0 Å². The van der Waals surface area contributed by atoms with Crippen LogP contribution in [0.25, 0.3) is 45.6 Å². The van der Waals surface area contributed by atoms with Crippen LogP contribution in [0.5, 0.6) is 0 Å². The predicted octanol–water partition coefficient (Wildman–Crippen LogP) is 4.43. The molecule has 0 amide bonds. The van der Waals surface area contributed by atoms with Crippen molar-refractivity contribution in [2.75, 3.05) is 0 Å². The van der Waals surface area contributed by atoms with Gasteiger partial charge in [0, 0.05) is 11.1 Å². The molecule has 3 aromatic heterocycles. The highest BCUT2D eigenvalue weighted by atomic mass is 15.2. The summed E-state index contributed by atoms with van der Waals surface area (Å²) in [6.45, 7) is 2.05. The first-order valence-corrected chi connectivity index (χ1v) is 9.76. The summed E-state index contributed by atoms with van der Waals surface area (Å²) in [6, 6.07) is 23.4. The Bertz CT molecular complexity index is 1300. The summed E-state index contributed by atoms with van der Waals surface area (Å²) in [5, 5.41) is 17.1. The maximum Gasteiger partial charge on any atom is 0.200 e. The summed E-state index contributed by atoms with van der Waals surface area (Å²) in [7, 11) is 0. The molecule has 0 saturated heterocycles. The Labute approximate surface area is 178 Å². The summed E-state index contributed by atoms with van der Waals surface area (Å²) in [6.07, 6.45) is 3.40. The van der Waals surface area contributed by atoms with E-state index >= 15 is 0 Å². The van der Waals surface area contributed by atoms with Gasteiger partial charge in [0.15, 0.2) is 11.6 Å². The molecule has 5 rings (SSSR count). The standard InChI is InChI=1S/C24H17N7/c1-16-10-12-18(13-11-16)22-15-26-24(31-29-22)20-9-5-8-19(27-20)23-25-14-21(28-30-23)17-6-3-2-4-7-17/h2-15H,1H3. The van der Waals surface area contributed by atoms with Crippen LogP contribution in [0.2, 0.25) is 0 Å². The van der Waals surface area contributed by atoms with Crippen molar-refractivity contribution < 1.29 is 0 Å². The van der Waals surface area contributed by atoms with Crippen LogP contribution in [0.3, 0.4) is 0 Å². The summed E-state index contributed by atoms with van der Waals surface area (Å²) >= 11 is 0. The van der Waals surface area contributed by atoms with Crippen LogP contribution in [-0.2, 0) is 0 Å². The SMILES string of the molecule is Cc1ccc(-c2cnc(-c3cccc(-c4ncc(-c5ccccc5)nn4)n3)nn2)cc1. The minimum atomic E-state index is 0.436. The van der Waals surface area contributed by atoms with E-state index in [2.05, 4.69) is 35.3 Å². The first-order chi connectivity index (χ1) is 15.3. The first kappa shape index (κ1) is 18.6. The number of aromatic nitrogens is 7. The fourth-order valence-corrected chi connectivity index (χ4v) is 3.07. The van der Waals surface area contributed by atoms with Crippen LogP contribution in [0.15, 0.2) is 85.2 Å². The largest absolute Gasteiger partial charge is 0.241 e. The second-order valence-corrected chi connectivity index (χ2v) is 6.97. The number of aryl methyl sites for hydroxylation is 1. The van der Waals surface area contributed by atoms with E-state index in [1.165, 1.54) is 5.56 Å². The van der Waals surface area contributed by atoms with E-state index in [0.29, 0.717) is 34.4 Å². The molecule has 7 nitrogen and oxygen atoms in total. The Kier molecular flexibility index (Phi) is 4.90. The van der Waals surface area contributed by atoms with Crippen molar-refractivity contribution >= 4 is 0 Å². The molecule has 0 aliphatic carbocycles. The van der Waals surface area contributed by atoms with E-state index < -0.39 is 0 Å². The molecule has 0 fully saturated rings. The zero-order valence-corrected chi connectivity index (χ0v) is 16.7. The van der Waals surface area contributed by atoms with Crippen molar-refractivity contribution in [1.82, 2.24) is 35.3 Å². The molecule has 0 aliphatic heterocycles. The molecule has 0 aliphatic rings. The number of hydrogen-bond acceptors (Lipinski definition) is 7. The predicted molar refractivity (Wildman–Crippen MR) is 117 cm³/mol. The van der Waals surface area contributed by atoms with E-state index in [0.717, 1.165) is 11.1 Å². The van der Waals surface area contributed by atoms with E-state index in [1.807, 2.05) is 79.7 Å². The van der Waals surface area contributed by atoms with Crippen LogP contribution < -0.4 is 0 Å². The van der Waals surface area contributed by atoms with Gasteiger partial charge in [0.1, 0.15) is 22.8 Å². The third-order valence-corrected chi connectivity index (χ3v) is 4.75. The molecule has 148 valence electrons. The highest BCUT2D eigenvalue weighted by Crippen LogP contribution is 2.21. The lowest BCUT2D eigenvalue weighted by molar-refractivity contribution is 0.964. The van der Waals surface area contributed by atoms with Gasteiger partial charge in [-0.15, -0.1) is 20.4 Å². The molecule has 2 aromatic carbocycles. The molecule has 0 saturated carbocycles. The van der Waals surface area contributed by atoms with E-state index in [-0.39, 0.29) is 0 Å². The van der Waals surface area contributed by atoms with Crippen molar-refractivity contribution in [3.8, 4) is 45.6 Å². The molecule has 3 heterocycles. The molecule has 7 heteroatoms. The molecule has 31 heavy (non-hydrogen) atoms. The van der Waals surface area contributed by atoms with Crippen LogP contribution in [0.4, 0.5) is 0 Å². The molecule has 0 spiro atoms. The lowest BCUT2D eigenvalue weighted by atomic mass is 10.1. The summed E-state index contributed by atoms with van der Waals surface area (Å²) < 4.78 is 0. The zero-order valence-electron chi connectivity index (χ0n) is 16.7. The highest BCUT2D eigenvalue weighted by Gasteiger charge is 2.10. The van der Waals surface area contributed by atoms with Gasteiger partial charge in [-0.1, -0.05) is 66.2 Å². The van der Waals surface area contributed by atoms with Crippen LogP contribution in [0.1, 0.15) is 5.56 Å². The summed E-state index contributed by atoms with van der Waals surface area (Å²) in [5.74, 6) is 0.873. The smallest absolute Gasteiger partial charge is 0.200 e. The summed E-state index contributed by atoms with van der Waals surface area (Å²) in [5.41, 5.74) is 5.73. The molecule has 0 N–H and O–H groups in total. The minimum Gasteiger partial charge on any atom is -0.241 e. The third kappa shape index (κ3) is 4.02. The van der Waals surface area contributed by atoms with E-state index in [9.17, 15) is 0 Å². The monoisotopic (exact) mass is 403 g/mol. The molecular weight excluding hydrogens is 386 g/mol. The van der Waals surface area contributed by atoms with Gasteiger partial charge in [-0.3, -0.25) is 0 Å². The average Bonchev–Trinajstić information content (AvgIpc) is 2.85. The Balaban J connectivity index is 1.40. The zero-order chi connectivity index (χ0) is 21.0. The number of nitrogens with zero attached hydrogens (tertiary/aromatic N) is 7. The quantitative estimate of drug-likeness (QED) is 0.438. The Morgan fingerprint density at radius 3 is 1.55 bits per heavy atom. The summed E-state index contributed by atoms with van der Waals surface area (Å²) in [4.78, 5) is 13.5. The first-order valence-electron chi connectivity index (χ1n) is 9.76. The van der Waals surface area contributed by atoms with Gasteiger partial charge >= 0.3 is 0 Å². The van der Waals surface area contributed by atoms with Crippen LogP contribution in [-0.4, -0.2) is 35.3 Å². The number of hydrogen-bond donors (Lipinski definition) is 0. The molecule has 0 unspecified atom stereocenters. The van der Waals surface area contributed by atoms with Crippen LogP contribution in [0, 0.1) is 6.92 Å². The highest BCUT2D eigenvalue weighted by molar-refractivity contribution is 5.61. The molecular formula is C24H17N7. The molecule has 5 aromatic rings. The van der Waals surface area contributed by atoms with Crippen molar-refractivity contribution in [3.63, 3.8) is 0 Å². The fourth-order valence-electron chi connectivity index (χ4n) is 3.07. The van der Waals surface area contributed by atoms with Gasteiger partial charge in [-0.25, -0.2) is 15.0 Å². The van der Waals surface area contributed by atoms with Gasteiger partial charge in [0.25, 0.3) is 0 Å². The maximum absolute atomic E-state index is 4.60. The topological polar surface area (TPSA) is 90.2 Å². The maximum atomic E-state index is 4.60. The normalized spacial score (nSPS) is 10.7. The number of benzene rings is 2. The van der Waals surface area contributed by atoms with E-state index in [4.69, 9.17) is 0 Å². The second kappa shape index (κ2) is 8.16.